The van der Waals surface area contributed by atoms with Gasteiger partial charge in [0.1, 0.15) is 12.3 Å². The van der Waals surface area contributed by atoms with Crippen molar-refractivity contribution in [3.63, 3.8) is 0 Å². The van der Waals surface area contributed by atoms with E-state index < -0.39 is 0 Å². The lowest BCUT2D eigenvalue weighted by Gasteiger charge is -2.04. The average Bonchev–Trinajstić information content (AvgIpc) is 2.30. The molecule has 0 saturated heterocycles. The number of benzene rings is 1. The minimum atomic E-state index is 0.0183. The SMILES string of the molecule is CCC(=O)/C(C)=N/OCc1ccccc1C. The van der Waals surface area contributed by atoms with E-state index in [1.54, 1.807) is 6.92 Å². The van der Waals surface area contributed by atoms with E-state index in [0.29, 0.717) is 18.7 Å². The topological polar surface area (TPSA) is 38.7 Å². The first-order chi connectivity index (χ1) is 7.65. The predicted molar refractivity (Wildman–Crippen MR) is 64.4 cm³/mol. The van der Waals surface area contributed by atoms with Crippen molar-refractivity contribution in [2.24, 2.45) is 5.16 Å². The van der Waals surface area contributed by atoms with Crippen LogP contribution in [0.4, 0.5) is 0 Å². The van der Waals surface area contributed by atoms with Crippen LogP contribution in [-0.4, -0.2) is 11.5 Å². The van der Waals surface area contributed by atoms with Crippen molar-refractivity contribution in [1.82, 2.24) is 0 Å². The van der Waals surface area contributed by atoms with Crippen molar-refractivity contribution in [2.45, 2.75) is 33.8 Å². The number of carbonyl (C=O) groups is 1. The third kappa shape index (κ3) is 3.50. The summed E-state index contributed by atoms with van der Waals surface area (Å²) in [5.74, 6) is 0.0183. The molecule has 1 aromatic carbocycles. The number of carbonyl (C=O) groups excluding carboxylic acids is 1. The first-order valence-electron chi connectivity index (χ1n) is 5.39. The molecular formula is C13H17NO2. The maximum absolute atomic E-state index is 11.2. The van der Waals surface area contributed by atoms with Gasteiger partial charge in [0.15, 0.2) is 5.78 Å². The Hall–Kier alpha value is -1.64. The summed E-state index contributed by atoms with van der Waals surface area (Å²) >= 11 is 0. The predicted octanol–water partition coefficient (Wildman–Crippen LogP) is 2.87. The second-order valence-electron chi connectivity index (χ2n) is 3.65. The Morgan fingerprint density at radius 2 is 2.06 bits per heavy atom. The zero-order chi connectivity index (χ0) is 12.0. The molecule has 3 nitrogen and oxygen atoms in total. The van der Waals surface area contributed by atoms with Gasteiger partial charge in [-0.1, -0.05) is 36.3 Å². The van der Waals surface area contributed by atoms with Crippen LogP contribution in [-0.2, 0) is 16.2 Å². The molecule has 0 spiro atoms. The molecule has 3 heteroatoms. The van der Waals surface area contributed by atoms with E-state index in [-0.39, 0.29) is 5.78 Å². The van der Waals surface area contributed by atoms with Gasteiger partial charge in [-0.2, -0.15) is 0 Å². The number of nitrogens with zero attached hydrogens (tertiary/aromatic N) is 1. The third-order valence-electron chi connectivity index (χ3n) is 2.41. The van der Waals surface area contributed by atoms with Gasteiger partial charge in [0.05, 0.1) is 0 Å². The Morgan fingerprint density at radius 3 is 2.69 bits per heavy atom. The van der Waals surface area contributed by atoms with Crippen LogP contribution in [0.25, 0.3) is 0 Å². The molecule has 0 aliphatic carbocycles. The fraction of sp³-hybridized carbons (Fsp3) is 0.385. The number of ketones is 1. The summed E-state index contributed by atoms with van der Waals surface area (Å²) in [6.45, 7) is 5.90. The van der Waals surface area contributed by atoms with E-state index in [0.717, 1.165) is 11.1 Å². The highest BCUT2D eigenvalue weighted by molar-refractivity contribution is 6.38. The molecule has 0 radical (unpaired) electrons. The van der Waals surface area contributed by atoms with Crippen LogP contribution >= 0.6 is 0 Å². The van der Waals surface area contributed by atoms with Crippen molar-refractivity contribution in [2.75, 3.05) is 0 Å². The molecule has 86 valence electrons. The summed E-state index contributed by atoms with van der Waals surface area (Å²) in [7, 11) is 0. The molecule has 1 aromatic rings. The number of Topliss-reactive ketones (excluding diaryl/α,β-unsaturated/α-hetero) is 1. The lowest BCUT2D eigenvalue weighted by Crippen LogP contribution is -2.08. The number of rotatable bonds is 5. The fourth-order valence-electron chi connectivity index (χ4n) is 1.28. The highest BCUT2D eigenvalue weighted by Crippen LogP contribution is 2.08. The summed E-state index contributed by atoms with van der Waals surface area (Å²) in [5, 5.41) is 3.80. The Kier molecular flexibility index (Phi) is 4.70. The molecular weight excluding hydrogens is 202 g/mol. The zero-order valence-corrected chi connectivity index (χ0v) is 9.99. The van der Waals surface area contributed by atoms with Crippen molar-refractivity contribution in [3.05, 3.63) is 35.4 Å². The van der Waals surface area contributed by atoms with E-state index in [4.69, 9.17) is 4.84 Å². The van der Waals surface area contributed by atoms with E-state index in [1.165, 1.54) is 0 Å². The monoisotopic (exact) mass is 219 g/mol. The van der Waals surface area contributed by atoms with Gasteiger partial charge in [-0.25, -0.2) is 0 Å². The van der Waals surface area contributed by atoms with Gasteiger partial charge in [0.2, 0.25) is 0 Å². The smallest absolute Gasteiger partial charge is 0.179 e. The Morgan fingerprint density at radius 1 is 1.38 bits per heavy atom. The van der Waals surface area contributed by atoms with Gasteiger partial charge in [0, 0.05) is 6.42 Å². The second-order valence-corrected chi connectivity index (χ2v) is 3.65. The molecule has 0 heterocycles. The molecule has 0 aromatic heterocycles. The fourth-order valence-corrected chi connectivity index (χ4v) is 1.28. The van der Waals surface area contributed by atoms with Crippen LogP contribution in [0.15, 0.2) is 29.4 Å². The van der Waals surface area contributed by atoms with Crippen molar-refractivity contribution < 1.29 is 9.63 Å². The van der Waals surface area contributed by atoms with Crippen LogP contribution in [0.2, 0.25) is 0 Å². The molecule has 0 aliphatic heterocycles. The minimum absolute atomic E-state index is 0.0183. The minimum Gasteiger partial charge on any atom is -0.391 e. The van der Waals surface area contributed by atoms with E-state index >= 15 is 0 Å². The molecule has 0 saturated carbocycles. The summed E-state index contributed by atoms with van der Waals surface area (Å²) < 4.78 is 0. The van der Waals surface area contributed by atoms with Gasteiger partial charge in [-0.05, 0) is 25.0 Å². The van der Waals surface area contributed by atoms with Crippen LogP contribution in [0.3, 0.4) is 0 Å². The molecule has 0 aliphatic rings. The Bertz CT molecular complexity index is 397. The highest BCUT2D eigenvalue weighted by atomic mass is 16.6. The highest BCUT2D eigenvalue weighted by Gasteiger charge is 2.03. The molecule has 0 fully saturated rings. The standard InChI is InChI=1S/C13H17NO2/c1-4-13(15)11(3)14-16-9-12-8-6-5-7-10(12)2/h5-8H,4,9H2,1-3H3/b14-11+. The van der Waals surface area contributed by atoms with Crippen LogP contribution in [0.5, 0.6) is 0 Å². The maximum Gasteiger partial charge on any atom is 0.179 e. The molecule has 0 atom stereocenters. The van der Waals surface area contributed by atoms with Gasteiger partial charge < -0.3 is 4.84 Å². The Labute approximate surface area is 96.1 Å². The molecule has 1 rings (SSSR count). The molecule has 16 heavy (non-hydrogen) atoms. The van der Waals surface area contributed by atoms with Crippen molar-refractivity contribution in [1.29, 1.82) is 0 Å². The first-order valence-corrected chi connectivity index (χ1v) is 5.39. The molecule has 0 N–H and O–H groups in total. The van der Waals surface area contributed by atoms with E-state index in [2.05, 4.69) is 5.16 Å². The molecule has 0 bridgehead atoms. The average molecular weight is 219 g/mol. The van der Waals surface area contributed by atoms with Crippen molar-refractivity contribution >= 4 is 11.5 Å². The van der Waals surface area contributed by atoms with Gasteiger partial charge in [-0.3, -0.25) is 4.79 Å². The molecule has 0 unspecified atom stereocenters. The van der Waals surface area contributed by atoms with Gasteiger partial charge >= 0.3 is 0 Å². The summed E-state index contributed by atoms with van der Waals surface area (Å²) in [5.41, 5.74) is 2.68. The number of hydrogen-bond donors (Lipinski definition) is 0. The van der Waals surface area contributed by atoms with Crippen LogP contribution in [0, 0.1) is 6.92 Å². The van der Waals surface area contributed by atoms with Crippen LogP contribution < -0.4 is 0 Å². The lowest BCUT2D eigenvalue weighted by molar-refractivity contribution is -0.112. The zero-order valence-electron chi connectivity index (χ0n) is 9.99. The third-order valence-corrected chi connectivity index (χ3v) is 2.41. The number of aryl methyl sites for hydroxylation is 1. The molecule has 0 amide bonds. The lowest BCUT2D eigenvalue weighted by atomic mass is 10.1. The summed E-state index contributed by atoms with van der Waals surface area (Å²) in [4.78, 5) is 16.4. The van der Waals surface area contributed by atoms with Gasteiger partial charge in [-0.15, -0.1) is 0 Å². The van der Waals surface area contributed by atoms with Crippen molar-refractivity contribution in [3.8, 4) is 0 Å². The Balaban J connectivity index is 2.53. The summed E-state index contributed by atoms with van der Waals surface area (Å²) in [6.07, 6.45) is 0.461. The number of hydrogen-bond acceptors (Lipinski definition) is 3. The largest absolute Gasteiger partial charge is 0.391 e. The van der Waals surface area contributed by atoms with E-state index in [9.17, 15) is 4.79 Å². The first kappa shape index (κ1) is 12.4. The number of oxime groups is 1. The summed E-state index contributed by atoms with van der Waals surface area (Å²) in [6, 6.07) is 7.95. The normalized spacial score (nSPS) is 11.3. The quantitative estimate of drug-likeness (QED) is 0.564. The van der Waals surface area contributed by atoms with Crippen LogP contribution in [0.1, 0.15) is 31.4 Å². The second kappa shape index (κ2) is 6.05. The van der Waals surface area contributed by atoms with Gasteiger partial charge in [0.25, 0.3) is 0 Å². The van der Waals surface area contributed by atoms with E-state index in [1.807, 2.05) is 38.1 Å². The maximum atomic E-state index is 11.2.